The van der Waals surface area contributed by atoms with E-state index in [0.29, 0.717) is 17.3 Å². The molecule has 6 nitrogen and oxygen atoms in total. The van der Waals surface area contributed by atoms with Crippen molar-refractivity contribution in [2.24, 2.45) is 11.7 Å². The Hall–Kier alpha value is -1.99. The van der Waals surface area contributed by atoms with E-state index >= 15 is 0 Å². The van der Waals surface area contributed by atoms with Gasteiger partial charge in [-0.1, -0.05) is 55.8 Å². The third-order valence-corrected chi connectivity index (χ3v) is 4.34. The van der Waals surface area contributed by atoms with Gasteiger partial charge in [0.25, 0.3) is 0 Å². The fraction of sp³-hybridized carbons (Fsp3) is 0.300. The van der Waals surface area contributed by atoms with Gasteiger partial charge < -0.3 is 21.7 Å². The van der Waals surface area contributed by atoms with E-state index in [2.05, 4.69) is 16.0 Å². The smallest absolute Gasteiger partial charge is 0.243 e. The normalized spacial score (nSPS) is 10.9. The molecule has 0 saturated heterocycles. The molecule has 0 radical (unpaired) electrons. The Morgan fingerprint density at radius 3 is 2.31 bits per heavy atom. The second-order valence-electron chi connectivity index (χ2n) is 6.57. The molecule has 5 N–H and O–H groups in total. The zero-order chi connectivity index (χ0) is 19.8. The summed E-state index contributed by atoms with van der Waals surface area (Å²) in [6.07, 6.45) is 0. The Balaban J connectivity index is 0.00000392. The average Bonchev–Trinajstić information content (AvgIpc) is 2.65. The second kappa shape index (κ2) is 13.3. The molecule has 2 rings (SSSR count). The van der Waals surface area contributed by atoms with Crippen LogP contribution < -0.4 is 21.7 Å². The molecule has 0 aliphatic heterocycles. The molecule has 1 atom stereocenters. The van der Waals surface area contributed by atoms with Gasteiger partial charge in [-0.3, -0.25) is 9.59 Å². The van der Waals surface area contributed by atoms with E-state index in [1.54, 1.807) is 18.2 Å². The maximum Gasteiger partial charge on any atom is 0.243 e. The van der Waals surface area contributed by atoms with Crippen molar-refractivity contribution in [1.29, 1.82) is 0 Å². The lowest BCUT2D eigenvalue weighted by atomic mass is 10.1. The number of carbonyl (C=O) groups excluding carboxylic acids is 2. The van der Waals surface area contributed by atoms with Crippen LogP contribution in [-0.2, 0) is 16.1 Å². The van der Waals surface area contributed by atoms with Crippen LogP contribution in [0.1, 0.15) is 19.4 Å². The molecule has 160 valence electrons. The highest BCUT2D eigenvalue weighted by molar-refractivity contribution is 6.33. The quantitative estimate of drug-likeness (QED) is 0.480. The average molecular weight is 462 g/mol. The molecule has 0 spiro atoms. The van der Waals surface area contributed by atoms with E-state index in [1.165, 1.54) is 0 Å². The van der Waals surface area contributed by atoms with Crippen LogP contribution >= 0.6 is 36.4 Å². The van der Waals surface area contributed by atoms with Crippen molar-refractivity contribution in [1.82, 2.24) is 5.32 Å². The second-order valence-corrected chi connectivity index (χ2v) is 6.98. The zero-order valence-corrected chi connectivity index (χ0v) is 18.7. The molecule has 0 heterocycles. The Morgan fingerprint density at radius 1 is 1.07 bits per heavy atom. The topological polar surface area (TPSA) is 96.2 Å². The van der Waals surface area contributed by atoms with Crippen LogP contribution in [-0.4, -0.2) is 24.4 Å². The first-order chi connectivity index (χ1) is 12.9. The van der Waals surface area contributed by atoms with Gasteiger partial charge in [0.15, 0.2) is 0 Å². The third kappa shape index (κ3) is 8.92. The van der Waals surface area contributed by atoms with E-state index in [0.717, 1.165) is 11.3 Å². The molecule has 0 bridgehead atoms. The molecule has 0 aliphatic carbocycles. The lowest BCUT2D eigenvalue weighted by Crippen LogP contribution is -2.46. The fourth-order valence-electron chi connectivity index (χ4n) is 2.32. The number of carbonyl (C=O) groups is 2. The van der Waals surface area contributed by atoms with Gasteiger partial charge in [-0.05, 0) is 29.7 Å². The van der Waals surface area contributed by atoms with Crippen molar-refractivity contribution in [2.45, 2.75) is 26.4 Å². The van der Waals surface area contributed by atoms with Crippen LogP contribution in [0.3, 0.4) is 0 Å². The lowest BCUT2D eigenvalue weighted by molar-refractivity contribution is -0.125. The number of anilines is 2. The summed E-state index contributed by atoms with van der Waals surface area (Å²) in [5.41, 5.74) is 8.20. The summed E-state index contributed by atoms with van der Waals surface area (Å²) in [6, 6.07) is 14.5. The first-order valence-corrected chi connectivity index (χ1v) is 9.15. The predicted molar refractivity (Wildman–Crippen MR) is 124 cm³/mol. The van der Waals surface area contributed by atoms with Crippen molar-refractivity contribution in [3.8, 4) is 0 Å². The van der Waals surface area contributed by atoms with E-state index in [9.17, 15) is 9.59 Å². The Morgan fingerprint density at radius 2 is 1.72 bits per heavy atom. The number of benzene rings is 2. The molecule has 2 aromatic carbocycles. The van der Waals surface area contributed by atoms with Crippen LogP contribution in [0.25, 0.3) is 0 Å². The summed E-state index contributed by atoms with van der Waals surface area (Å²) in [6.45, 7) is 4.19. The highest BCUT2D eigenvalue weighted by Crippen LogP contribution is 2.26. The third-order valence-electron chi connectivity index (χ3n) is 4.02. The van der Waals surface area contributed by atoms with Crippen LogP contribution in [0.15, 0.2) is 48.5 Å². The molecule has 0 aliphatic rings. The molecule has 0 saturated carbocycles. The first-order valence-electron chi connectivity index (χ1n) is 8.77. The van der Waals surface area contributed by atoms with Gasteiger partial charge in [-0.15, -0.1) is 24.8 Å². The van der Waals surface area contributed by atoms with Crippen molar-refractivity contribution in [3.05, 3.63) is 59.1 Å². The number of amides is 2. The zero-order valence-electron chi connectivity index (χ0n) is 16.3. The van der Waals surface area contributed by atoms with Gasteiger partial charge in [0.05, 0.1) is 23.3 Å². The Bertz CT molecular complexity index is 789. The number of rotatable bonds is 8. The highest BCUT2D eigenvalue weighted by atomic mass is 35.5. The van der Waals surface area contributed by atoms with Crippen molar-refractivity contribution < 1.29 is 9.59 Å². The van der Waals surface area contributed by atoms with Gasteiger partial charge in [0, 0.05) is 12.2 Å². The molecule has 0 unspecified atom stereocenters. The van der Waals surface area contributed by atoms with Crippen LogP contribution in [0.4, 0.5) is 11.4 Å². The summed E-state index contributed by atoms with van der Waals surface area (Å²) in [5, 5.41) is 8.98. The fourth-order valence-corrected chi connectivity index (χ4v) is 2.57. The van der Waals surface area contributed by atoms with Crippen molar-refractivity contribution in [2.75, 3.05) is 17.2 Å². The predicted octanol–water partition coefficient (Wildman–Crippen LogP) is 3.83. The first kappa shape index (κ1) is 27.0. The maximum absolute atomic E-state index is 12.0. The number of halogens is 3. The minimum Gasteiger partial charge on any atom is -0.380 e. The van der Waals surface area contributed by atoms with Crippen LogP contribution in [0.2, 0.25) is 5.02 Å². The van der Waals surface area contributed by atoms with Gasteiger partial charge in [0.2, 0.25) is 11.8 Å². The van der Waals surface area contributed by atoms with E-state index in [1.807, 2.05) is 44.2 Å². The Labute approximate surface area is 188 Å². The molecule has 0 fully saturated rings. The molecular weight excluding hydrogens is 435 g/mol. The summed E-state index contributed by atoms with van der Waals surface area (Å²) in [7, 11) is 0. The lowest BCUT2D eigenvalue weighted by Gasteiger charge is -2.15. The Kier molecular flexibility index (Phi) is 12.4. The van der Waals surface area contributed by atoms with Gasteiger partial charge in [-0.2, -0.15) is 0 Å². The molecule has 0 aromatic heterocycles. The number of nitrogens with one attached hydrogen (secondary N) is 3. The van der Waals surface area contributed by atoms with Crippen molar-refractivity contribution in [3.63, 3.8) is 0 Å². The van der Waals surface area contributed by atoms with Gasteiger partial charge in [0.1, 0.15) is 0 Å². The number of hydrogen-bond donors (Lipinski definition) is 4. The SMILES string of the molecule is CC(C)[C@H](N)C(=O)NCC(=O)Nc1ccc(NCc2ccccc2)c(Cl)c1.Cl.Cl. The molecule has 2 aromatic rings. The summed E-state index contributed by atoms with van der Waals surface area (Å²) in [4.78, 5) is 23.8. The van der Waals surface area contributed by atoms with E-state index in [-0.39, 0.29) is 49.1 Å². The summed E-state index contributed by atoms with van der Waals surface area (Å²) in [5.74, 6) is -0.693. The molecule has 2 amide bonds. The number of nitrogens with two attached hydrogens (primary N) is 1. The standard InChI is InChI=1S/C20H25ClN4O2.2ClH/c1-13(2)19(22)20(27)24-12-18(26)25-15-8-9-17(16(21)10-15)23-11-14-6-4-3-5-7-14;;/h3-10,13,19,23H,11-12,22H2,1-2H3,(H,24,27)(H,25,26);2*1H/t19-;;/m0../s1. The number of hydrogen-bond acceptors (Lipinski definition) is 4. The maximum atomic E-state index is 12.0. The summed E-state index contributed by atoms with van der Waals surface area (Å²) >= 11 is 6.28. The highest BCUT2D eigenvalue weighted by Gasteiger charge is 2.17. The largest absolute Gasteiger partial charge is 0.380 e. The van der Waals surface area contributed by atoms with E-state index in [4.69, 9.17) is 17.3 Å². The monoisotopic (exact) mass is 460 g/mol. The van der Waals surface area contributed by atoms with Gasteiger partial charge in [-0.25, -0.2) is 0 Å². The van der Waals surface area contributed by atoms with E-state index < -0.39 is 6.04 Å². The minimum atomic E-state index is -0.637. The van der Waals surface area contributed by atoms with Crippen molar-refractivity contribution >= 4 is 59.6 Å². The molecule has 9 heteroatoms. The van der Waals surface area contributed by atoms with Crippen LogP contribution in [0, 0.1) is 5.92 Å². The molecule has 29 heavy (non-hydrogen) atoms. The molecular formula is C20H27Cl3N4O2. The summed E-state index contributed by atoms with van der Waals surface area (Å²) < 4.78 is 0. The van der Waals surface area contributed by atoms with Crippen LogP contribution in [0.5, 0.6) is 0 Å². The van der Waals surface area contributed by atoms with Gasteiger partial charge >= 0.3 is 0 Å². The minimum absolute atomic E-state index is 0.